The van der Waals surface area contributed by atoms with Crippen LogP contribution < -0.4 is 0 Å². The topological polar surface area (TPSA) is 95.7 Å². The quantitative estimate of drug-likeness (QED) is 0.362. The molecule has 7 nitrogen and oxygen atoms in total. The molecule has 0 heterocycles. The zero-order chi connectivity index (χ0) is 18.9. The van der Waals surface area contributed by atoms with Crippen molar-refractivity contribution >= 4 is 17.6 Å². The molecule has 0 bridgehead atoms. The Morgan fingerprint density at radius 1 is 1.04 bits per heavy atom. The minimum absolute atomic E-state index is 0.117. The first-order valence-corrected chi connectivity index (χ1v) is 8.06. The molecule has 134 valence electrons. The molecule has 0 unspecified atom stereocenters. The Balaban J connectivity index is 2.25. The van der Waals surface area contributed by atoms with E-state index < -0.39 is 28.6 Å². The summed E-state index contributed by atoms with van der Waals surface area (Å²) in [6.45, 7) is 2.42. The molecule has 26 heavy (non-hydrogen) atoms. The first-order valence-electron chi connectivity index (χ1n) is 8.06. The lowest BCUT2D eigenvalue weighted by Crippen LogP contribution is -2.40. The molecule has 1 aliphatic carbocycles. The van der Waals surface area contributed by atoms with E-state index in [4.69, 9.17) is 9.47 Å². The van der Waals surface area contributed by atoms with Crippen LogP contribution >= 0.6 is 0 Å². The normalized spacial score (nSPS) is 17.2. The number of esters is 2. The van der Waals surface area contributed by atoms with Crippen molar-refractivity contribution in [1.82, 2.24) is 0 Å². The molecule has 1 aliphatic rings. The molecular weight excluding hydrogens is 338 g/mol. The van der Waals surface area contributed by atoms with Gasteiger partial charge in [-0.2, -0.15) is 0 Å². The lowest BCUT2D eigenvalue weighted by Gasteiger charge is -2.34. The van der Waals surface area contributed by atoms with Crippen molar-refractivity contribution in [3.63, 3.8) is 0 Å². The molecular formula is C19H17NO6. The van der Waals surface area contributed by atoms with Gasteiger partial charge >= 0.3 is 11.9 Å². The second kappa shape index (κ2) is 6.59. The van der Waals surface area contributed by atoms with E-state index in [1.165, 1.54) is 19.9 Å². The minimum atomic E-state index is -1.74. The Labute approximate surface area is 149 Å². The fourth-order valence-electron chi connectivity index (χ4n) is 3.54. The maximum absolute atomic E-state index is 11.8. The lowest BCUT2D eigenvalue weighted by molar-refractivity contribution is -0.386. The van der Waals surface area contributed by atoms with E-state index in [0.29, 0.717) is 17.5 Å². The first kappa shape index (κ1) is 17.6. The number of nitro groups is 1. The van der Waals surface area contributed by atoms with Gasteiger partial charge in [0.15, 0.2) is 0 Å². The van der Waals surface area contributed by atoms with Crippen molar-refractivity contribution in [1.29, 1.82) is 0 Å². The maximum Gasteiger partial charge on any atom is 0.306 e. The standard InChI is InChI=1S/C19H17NO6/c1-12(21)25-19(26-13(2)22)16-9-5-3-7-14(16)11-17(19)15-8-4-6-10-18(15)20(23)24/h3-10,17H,11H2,1-2H3/t17-/m0/s1. The van der Waals surface area contributed by atoms with E-state index in [9.17, 15) is 19.7 Å². The summed E-state index contributed by atoms with van der Waals surface area (Å²) in [5.41, 5.74) is 1.55. The summed E-state index contributed by atoms with van der Waals surface area (Å²) in [4.78, 5) is 34.7. The van der Waals surface area contributed by atoms with Gasteiger partial charge in [0.1, 0.15) is 0 Å². The zero-order valence-corrected chi connectivity index (χ0v) is 14.3. The molecule has 0 radical (unpaired) electrons. The molecule has 3 rings (SSSR count). The van der Waals surface area contributed by atoms with Gasteiger partial charge in [0, 0.05) is 31.0 Å². The summed E-state index contributed by atoms with van der Waals surface area (Å²) in [7, 11) is 0. The third kappa shape index (κ3) is 2.92. The fourth-order valence-corrected chi connectivity index (χ4v) is 3.54. The molecule has 0 aliphatic heterocycles. The molecule has 7 heteroatoms. The number of rotatable bonds is 4. The van der Waals surface area contributed by atoms with E-state index >= 15 is 0 Å². The number of nitrogens with zero attached hydrogens (tertiary/aromatic N) is 1. The van der Waals surface area contributed by atoms with E-state index in [2.05, 4.69) is 0 Å². The second-order valence-corrected chi connectivity index (χ2v) is 6.08. The van der Waals surface area contributed by atoms with Crippen LogP contribution in [0, 0.1) is 10.1 Å². The highest BCUT2D eigenvalue weighted by atomic mass is 16.7. The molecule has 0 N–H and O–H groups in total. The Morgan fingerprint density at radius 2 is 1.62 bits per heavy atom. The number of carbonyl (C=O) groups is 2. The minimum Gasteiger partial charge on any atom is -0.417 e. The van der Waals surface area contributed by atoms with Crippen molar-refractivity contribution in [2.45, 2.75) is 32.0 Å². The van der Waals surface area contributed by atoms with Crippen LogP contribution in [-0.4, -0.2) is 16.9 Å². The van der Waals surface area contributed by atoms with Crippen LogP contribution in [0.25, 0.3) is 0 Å². The van der Waals surface area contributed by atoms with Crippen LogP contribution in [0.5, 0.6) is 0 Å². The fraction of sp³-hybridized carbons (Fsp3) is 0.263. The molecule has 0 aromatic heterocycles. The van der Waals surface area contributed by atoms with Crippen molar-refractivity contribution in [2.75, 3.05) is 0 Å². The number of hydrogen-bond acceptors (Lipinski definition) is 6. The van der Waals surface area contributed by atoms with Gasteiger partial charge in [-0.3, -0.25) is 19.7 Å². The molecule has 0 amide bonds. The van der Waals surface area contributed by atoms with Crippen LogP contribution in [-0.2, 0) is 31.3 Å². The monoisotopic (exact) mass is 355 g/mol. The van der Waals surface area contributed by atoms with Crippen molar-refractivity contribution in [3.8, 4) is 0 Å². The summed E-state index contributed by atoms with van der Waals surface area (Å²) in [5.74, 6) is -3.76. The second-order valence-electron chi connectivity index (χ2n) is 6.08. The highest BCUT2D eigenvalue weighted by Crippen LogP contribution is 2.52. The van der Waals surface area contributed by atoms with Crippen molar-refractivity contribution in [3.05, 3.63) is 75.3 Å². The lowest BCUT2D eigenvalue weighted by atomic mass is 9.89. The smallest absolute Gasteiger partial charge is 0.306 e. The van der Waals surface area contributed by atoms with Crippen LogP contribution in [0.1, 0.15) is 36.5 Å². The largest absolute Gasteiger partial charge is 0.417 e. The number of benzene rings is 2. The number of nitro benzene ring substituents is 1. The van der Waals surface area contributed by atoms with E-state index in [1.54, 1.807) is 30.3 Å². The number of hydrogen-bond donors (Lipinski definition) is 0. The predicted octanol–water partition coefficient (Wildman–Crippen LogP) is 3.21. The third-order valence-corrected chi connectivity index (χ3v) is 4.38. The van der Waals surface area contributed by atoms with Gasteiger partial charge in [-0.1, -0.05) is 42.5 Å². The molecule has 0 spiro atoms. The SMILES string of the molecule is CC(=O)OC1(OC(C)=O)c2ccccc2C[C@H]1c1ccccc1[N+](=O)[O-]. The average molecular weight is 355 g/mol. The maximum atomic E-state index is 11.8. The highest BCUT2D eigenvalue weighted by Gasteiger charge is 2.55. The number of fused-ring (bicyclic) bond motifs is 1. The van der Waals surface area contributed by atoms with Crippen molar-refractivity contribution < 1.29 is 24.0 Å². The van der Waals surface area contributed by atoms with Gasteiger partial charge < -0.3 is 9.47 Å². The average Bonchev–Trinajstić information content (AvgIpc) is 2.87. The van der Waals surface area contributed by atoms with E-state index in [-0.39, 0.29) is 5.69 Å². The predicted molar refractivity (Wildman–Crippen MR) is 91.2 cm³/mol. The summed E-state index contributed by atoms with van der Waals surface area (Å²) in [5, 5.41) is 11.5. The van der Waals surface area contributed by atoms with Gasteiger partial charge in [-0.15, -0.1) is 0 Å². The van der Waals surface area contributed by atoms with Crippen LogP contribution in [0.2, 0.25) is 0 Å². The molecule has 0 saturated heterocycles. The molecule has 2 aromatic carbocycles. The number of para-hydroxylation sites is 1. The van der Waals surface area contributed by atoms with Crippen LogP contribution in [0.15, 0.2) is 48.5 Å². The van der Waals surface area contributed by atoms with Gasteiger partial charge in [-0.25, -0.2) is 0 Å². The van der Waals surface area contributed by atoms with Gasteiger partial charge in [0.05, 0.1) is 10.8 Å². The third-order valence-electron chi connectivity index (χ3n) is 4.38. The van der Waals surface area contributed by atoms with Gasteiger partial charge in [0.2, 0.25) is 0 Å². The summed E-state index contributed by atoms with van der Waals surface area (Å²) < 4.78 is 11.1. The Bertz CT molecular complexity index is 875. The zero-order valence-electron chi connectivity index (χ0n) is 14.3. The Hall–Kier alpha value is -3.22. The van der Waals surface area contributed by atoms with Crippen LogP contribution in [0.3, 0.4) is 0 Å². The highest BCUT2D eigenvalue weighted by molar-refractivity contribution is 5.70. The molecule has 2 aromatic rings. The van der Waals surface area contributed by atoms with Gasteiger partial charge in [0.25, 0.3) is 11.5 Å². The van der Waals surface area contributed by atoms with Gasteiger partial charge in [-0.05, 0) is 12.0 Å². The van der Waals surface area contributed by atoms with Crippen LogP contribution in [0.4, 0.5) is 5.69 Å². The molecule has 1 atom stereocenters. The molecule has 0 saturated carbocycles. The Kier molecular flexibility index (Phi) is 4.46. The Morgan fingerprint density at radius 3 is 2.23 bits per heavy atom. The molecule has 0 fully saturated rings. The van der Waals surface area contributed by atoms with E-state index in [0.717, 1.165) is 5.56 Å². The summed E-state index contributed by atoms with van der Waals surface area (Å²) in [6.07, 6.45) is 0.335. The summed E-state index contributed by atoms with van der Waals surface area (Å²) >= 11 is 0. The number of ether oxygens (including phenoxy) is 2. The van der Waals surface area contributed by atoms with E-state index in [1.807, 2.05) is 12.1 Å². The summed E-state index contributed by atoms with van der Waals surface area (Å²) in [6, 6.07) is 13.3. The first-order chi connectivity index (χ1) is 12.3. The van der Waals surface area contributed by atoms with Crippen molar-refractivity contribution in [2.24, 2.45) is 0 Å². The number of carbonyl (C=O) groups excluding carboxylic acids is 2.